The van der Waals surface area contributed by atoms with E-state index < -0.39 is 0 Å². The van der Waals surface area contributed by atoms with E-state index in [4.69, 9.17) is 19.6 Å². The summed E-state index contributed by atoms with van der Waals surface area (Å²) in [5.74, 6) is 1.01. The van der Waals surface area contributed by atoms with Crippen molar-refractivity contribution in [3.8, 4) is 11.6 Å². The minimum Gasteiger partial charge on any atom is -0.446 e. The van der Waals surface area contributed by atoms with Crippen molar-refractivity contribution in [3.63, 3.8) is 0 Å². The molecule has 3 aromatic rings. The van der Waals surface area contributed by atoms with Gasteiger partial charge in [0.1, 0.15) is 5.82 Å². The quantitative estimate of drug-likeness (QED) is 0.574. The van der Waals surface area contributed by atoms with Gasteiger partial charge in [-0.1, -0.05) is 0 Å². The first-order valence-corrected chi connectivity index (χ1v) is 9.02. The van der Waals surface area contributed by atoms with Crippen LogP contribution in [0.1, 0.15) is 10.4 Å². The number of rotatable bonds is 8. The fourth-order valence-corrected chi connectivity index (χ4v) is 2.88. The number of pyridine rings is 1. The summed E-state index contributed by atoms with van der Waals surface area (Å²) in [5.41, 5.74) is 6.97. The predicted octanol–water partition coefficient (Wildman–Crippen LogP) is 2.07. The second-order valence-electron chi connectivity index (χ2n) is 5.76. The van der Waals surface area contributed by atoms with Crippen molar-refractivity contribution in [1.29, 1.82) is 0 Å². The van der Waals surface area contributed by atoms with Gasteiger partial charge in [0.2, 0.25) is 5.82 Å². The highest BCUT2D eigenvalue weighted by atomic mass is 79.9. The van der Waals surface area contributed by atoms with Crippen molar-refractivity contribution < 1.29 is 18.7 Å². The van der Waals surface area contributed by atoms with E-state index in [0.29, 0.717) is 59.6 Å². The number of ether oxygens (including phenoxy) is 2. The van der Waals surface area contributed by atoms with Crippen molar-refractivity contribution in [2.75, 3.05) is 46.3 Å². The van der Waals surface area contributed by atoms with Crippen LogP contribution in [0.25, 0.3) is 17.2 Å². The molecule has 0 atom stereocenters. The second kappa shape index (κ2) is 8.51. The van der Waals surface area contributed by atoms with Crippen LogP contribution in [0.2, 0.25) is 0 Å². The van der Waals surface area contributed by atoms with Gasteiger partial charge >= 0.3 is 0 Å². The van der Waals surface area contributed by atoms with E-state index in [2.05, 4.69) is 26.0 Å². The van der Waals surface area contributed by atoms with Gasteiger partial charge in [-0.15, -0.1) is 5.10 Å². The number of nitrogens with two attached hydrogens (primary N) is 1. The molecule has 144 valence electrons. The molecule has 3 rings (SSSR count). The molecular formula is C17H20BrN5O4. The van der Waals surface area contributed by atoms with Gasteiger partial charge in [0.15, 0.2) is 16.1 Å². The zero-order valence-electron chi connectivity index (χ0n) is 15.0. The van der Waals surface area contributed by atoms with E-state index in [1.54, 1.807) is 43.4 Å². The summed E-state index contributed by atoms with van der Waals surface area (Å²) in [4.78, 5) is 19.0. The Kier molecular flexibility index (Phi) is 6.09. The topological polar surface area (TPSA) is 108 Å². The highest BCUT2D eigenvalue weighted by molar-refractivity contribution is 9.10. The average molecular weight is 438 g/mol. The van der Waals surface area contributed by atoms with E-state index >= 15 is 0 Å². The normalized spacial score (nSPS) is 11.2. The number of carbonyl (C=O) groups excluding carboxylic acids is 1. The van der Waals surface area contributed by atoms with Crippen molar-refractivity contribution in [3.05, 3.63) is 34.5 Å². The second-order valence-corrected chi connectivity index (χ2v) is 6.54. The summed E-state index contributed by atoms with van der Waals surface area (Å²) in [6, 6.07) is 6.74. The third kappa shape index (κ3) is 4.29. The number of amides is 1. The molecule has 0 aromatic carbocycles. The van der Waals surface area contributed by atoms with Gasteiger partial charge in [-0.25, -0.2) is 4.98 Å². The average Bonchev–Trinajstić information content (AvgIpc) is 3.27. The molecule has 0 bridgehead atoms. The number of carbonyl (C=O) groups is 1. The van der Waals surface area contributed by atoms with Crippen molar-refractivity contribution in [2.24, 2.45) is 0 Å². The maximum Gasteiger partial charge on any atom is 0.254 e. The number of fused-ring (bicyclic) bond motifs is 1. The molecule has 0 unspecified atom stereocenters. The molecule has 10 heteroatoms. The maximum absolute atomic E-state index is 12.9. The van der Waals surface area contributed by atoms with Gasteiger partial charge in [0.25, 0.3) is 5.91 Å². The number of anilines is 1. The number of aromatic nitrogens is 3. The molecule has 0 aliphatic carbocycles. The van der Waals surface area contributed by atoms with Crippen LogP contribution in [-0.4, -0.2) is 65.9 Å². The van der Waals surface area contributed by atoms with Crippen LogP contribution in [0.5, 0.6) is 0 Å². The van der Waals surface area contributed by atoms with E-state index in [1.165, 1.54) is 4.52 Å². The lowest BCUT2D eigenvalue weighted by molar-refractivity contribution is 0.0627. The lowest BCUT2D eigenvalue weighted by atomic mass is 10.2. The Morgan fingerprint density at radius 2 is 1.96 bits per heavy atom. The summed E-state index contributed by atoms with van der Waals surface area (Å²) < 4.78 is 17.7. The number of furan rings is 1. The number of hydrogen-bond donors (Lipinski definition) is 1. The molecule has 2 N–H and O–H groups in total. The van der Waals surface area contributed by atoms with Crippen LogP contribution < -0.4 is 5.73 Å². The monoisotopic (exact) mass is 437 g/mol. The van der Waals surface area contributed by atoms with Crippen molar-refractivity contribution in [2.45, 2.75) is 0 Å². The lowest BCUT2D eigenvalue weighted by Crippen LogP contribution is -2.36. The molecular weight excluding hydrogens is 418 g/mol. The minimum absolute atomic E-state index is 0.177. The summed E-state index contributed by atoms with van der Waals surface area (Å²) in [6.07, 6.45) is 0. The molecule has 0 aliphatic rings. The molecule has 0 saturated heterocycles. The van der Waals surface area contributed by atoms with Gasteiger partial charge in [0.05, 0.1) is 13.2 Å². The Labute approximate surface area is 164 Å². The Bertz CT molecular complexity index is 931. The Hall–Kier alpha value is -2.43. The molecule has 0 radical (unpaired) electrons. The fraction of sp³-hybridized carbons (Fsp3) is 0.353. The first-order valence-electron chi connectivity index (χ1n) is 8.22. The number of methoxy groups -OCH3 is 2. The van der Waals surface area contributed by atoms with Crippen LogP contribution in [0, 0.1) is 0 Å². The molecule has 27 heavy (non-hydrogen) atoms. The highest BCUT2D eigenvalue weighted by Gasteiger charge is 2.19. The maximum atomic E-state index is 12.9. The molecule has 0 spiro atoms. The molecule has 0 aliphatic heterocycles. The van der Waals surface area contributed by atoms with Gasteiger partial charge in [-0.05, 0) is 40.2 Å². The molecule has 3 aromatic heterocycles. The van der Waals surface area contributed by atoms with Crippen molar-refractivity contribution in [1.82, 2.24) is 19.5 Å². The van der Waals surface area contributed by atoms with Crippen LogP contribution in [-0.2, 0) is 9.47 Å². The summed E-state index contributed by atoms with van der Waals surface area (Å²) in [6.45, 7) is 1.75. The Morgan fingerprint density at radius 1 is 1.26 bits per heavy atom. The van der Waals surface area contributed by atoms with E-state index in [0.717, 1.165) is 0 Å². The first kappa shape index (κ1) is 19.3. The third-order valence-corrected chi connectivity index (χ3v) is 4.35. The first-order chi connectivity index (χ1) is 13.0. The number of hydrogen-bond acceptors (Lipinski definition) is 7. The number of nitrogen functional groups attached to an aromatic ring is 1. The van der Waals surface area contributed by atoms with E-state index in [9.17, 15) is 4.79 Å². The van der Waals surface area contributed by atoms with Crippen LogP contribution in [0.15, 0.2) is 33.4 Å². The molecule has 1 amide bonds. The largest absolute Gasteiger partial charge is 0.446 e. The molecule has 3 heterocycles. The minimum atomic E-state index is -0.177. The van der Waals surface area contributed by atoms with Gasteiger partial charge in [0, 0.05) is 32.9 Å². The number of nitrogens with zero attached hydrogens (tertiary/aromatic N) is 4. The molecule has 0 fully saturated rings. The van der Waals surface area contributed by atoms with E-state index in [-0.39, 0.29) is 5.91 Å². The summed E-state index contributed by atoms with van der Waals surface area (Å²) >= 11 is 3.25. The van der Waals surface area contributed by atoms with E-state index in [1.807, 2.05) is 0 Å². The third-order valence-electron chi connectivity index (χ3n) is 3.92. The SMILES string of the molecule is COCCN(CCOC)C(=O)c1cc(N)n2nc(-c3ccc(Br)o3)nc2c1. The number of halogens is 1. The molecule has 0 saturated carbocycles. The molecule has 9 nitrogen and oxygen atoms in total. The smallest absolute Gasteiger partial charge is 0.254 e. The zero-order chi connectivity index (χ0) is 19.4. The van der Waals surface area contributed by atoms with Gasteiger partial charge in [-0.3, -0.25) is 4.79 Å². The fourth-order valence-electron chi connectivity index (χ4n) is 2.57. The lowest BCUT2D eigenvalue weighted by Gasteiger charge is -2.22. The Balaban J connectivity index is 1.92. The van der Waals surface area contributed by atoms with Gasteiger partial charge in [-0.2, -0.15) is 4.52 Å². The zero-order valence-corrected chi connectivity index (χ0v) is 16.6. The van der Waals surface area contributed by atoms with Crippen LogP contribution in [0.3, 0.4) is 0 Å². The van der Waals surface area contributed by atoms with Gasteiger partial charge < -0.3 is 24.5 Å². The van der Waals surface area contributed by atoms with Crippen molar-refractivity contribution >= 4 is 33.3 Å². The predicted molar refractivity (Wildman–Crippen MR) is 102 cm³/mol. The summed E-state index contributed by atoms with van der Waals surface area (Å²) in [5, 5.41) is 4.34. The van der Waals surface area contributed by atoms with Crippen LogP contribution in [0.4, 0.5) is 5.82 Å². The standard InChI is InChI=1S/C17H20BrN5O4/c1-25-7-5-22(6-8-26-2)17(24)11-9-14(19)23-15(10-11)20-16(21-23)12-3-4-13(18)27-12/h3-4,9-10H,5-8,19H2,1-2H3. The van der Waals surface area contributed by atoms with Crippen LogP contribution >= 0.6 is 15.9 Å². The highest BCUT2D eigenvalue weighted by Crippen LogP contribution is 2.24. The Morgan fingerprint density at radius 3 is 2.56 bits per heavy atom. The summed E-state index contributed by atoms with van der Waals surface area (Å²) in [7, 11) is 3.18.